The molecular formula is C24H27N3O3S. The van der Waals surface area contributed by atoms with Crippen molar-refractivity contribution in [2.24, 2.45) is 11.8 Å². The molecule has 1 unspecified atom stereocenters. The van der Waals surface area contributed by atoms with Crippen LogP contribution in [-0.2, 0) is 30.6 Å². The summed E-state index contributed by atoms with van der Waals surface area (Å²) in [6, 6.07) is 8.15. The van der Waals surface area contributed by atoms with Crippen LogP contribution in [0.15, 0.2) is 28.8 Å². The van der Waals surface area contributed by atoms with Gasteiger partial charge in [0, 0.05) is 30.1 Å². The highest BCUT2D eigenvalue weighted by molar-refractivity contribution is 7.15. The van der Waals surface area contributed by atoms with Crippen molar-refractivity contribution in [3.8, 4) is 22.2 Å². The Labute approximate surface area is 185 Å². The van der Waals surface area contributed by atoms with Crippen LogP contribution in [0.4, 0.5) is 0 Å². The number of carbonyl (C=O) groups is 1. The first kappa shape index (κ1) is 20.4. The van der Waals surface area contributed by atoms with Crippen LogP contribution in [0, 0.1) is 11.8 Å². The number of rotatable bonds is 6. The smallest absolute Gasteiger partial charge is 0.309 e. The number of carboxylic acids is 1. The zero-order valence-corrected chi connectivity index (χ0v) is 18.7. The molecular weight excluding hydrogens is 410 g/mol. The minimum Gasteiger partial charge on any atom is -0.481 e. The Balaban J connectivity index is 1.32. The van der Waals surface area contributed by atoms with E-state index < -0.39 is 5.97 Å². The molecule has 2 aromatic heterocycles. The van der Waals surface area contributed by atoms with E-state index in [2.05, 4.69) is 36.0 Å². The maximum Gasteiger partial charge on any atom is 0.309 e. The molecule has 0 amide bonds. The molecule has 0 bridgehead atoms. The van der Waals surface area contributed by atoms with Crippen molar-refractivity contribution >= 4 is 17.3 Å². The molecule has 6 nitrogen and oxygen atoms in total. The molecule has 7 heteroatoms. The average molecular weight is 438 g/mol. The van der Waals surface area contributed by atoms with Gasteiger partial charge in [-0.15, -0.1) is 11.3 Å². The van der Waals surface area contributed by atoms with E-state index in [9.17, 15) is 4.79 Å². The van der Waals surface area contributed by atoms with Crippen molar-refractivity contribution in [3.05, 3.63) is 45.8 Å². The zero-order valence-electron chi connectivity index (χ0n) is 17.9. The summed E-state index contributed by atoms with van der Waals surface area (Å²) in [5.74, 6) is 1.06. The molecule has 3 aromatic rings. The number of fused-ring (bicyclic) bond motifs is 1. The number of benzene rings is 1. The molecule has 0 spiro atoms. The maximum atomic E-state index is 10.9. The lowest BCUT2D eigenvalue weighted by Crippen LogP contribution is -2.49. The lowest BCUT2D eigenvalue weighted by Gasteiger charge is -2.36. The SMILES string of the molecule is CCc1sc(-c2nc(-c3ccc(CN4CC(C(=O)O)C4)cc3)no2)c2c1CC(C)CC2. The van der Waals surface area contributed by atoms with Gasteiger partial charge in [-0.2, -0.15) is 4.98 Å². The van der Waals surface area contributed by atoms with Gasteiger partial charge in [0.05, 0.1) is 10.8 Å². The molecule has 1 aliphatic heterocycles. The number of carboxylic acid groups (broad SMARTS) is 1. The summed E-state index contributed by atoms with van der Waals surface area (Å²) in [6.45, 7) is 6.56. The van der Waals surface area contributed by atoms with Crippen molar-refractivity contribution in [3.63, 3.8) is 0 Å². The van der Waals surface area contributed by atoms with E-state index >= 15 is 0 Å². The quantitative estimate of drug-likeness (QED) is 0.604. The highest BCUT2D eigenvalue weighted by Gasteiger charge is 2.32. The number of hydrogen-bond donors (Lipinski definition) is 1. The second-order valence-corrected chi connectivity index (χ2v) is 9.97. The van der Waals surface area contributed by atoms with E-state index in [1.807, 2.05) is 23.5 Å². The molecule has 1 saturated heterocycles. The Bertz CT molecular complexity index is 1100. The molecule has 1 N–H and O–H groups in total. The third-order valence-electron chi connectivity index (χ3n) is 6.51. The summed E-state index contributed by atoms with van der Waals surface area (Å²) in [5.41, 5.74) is 5.02. The summed E-state index contributed by atoms with van der Waals surface area (Å²) in [7, 11) is 0. The third kappa shape index (κ3) is 3.92. The van der Waals surface area contributed by atoms with Crippen LogP contribution in [0.25, 0.3) is 22.2 Å². The van der Waals surface area contributed by atoms with Crippen LogP contribution in [0.1, 0.15) is 41.8 Å². The van der Waals surface area contributed by atoms with Crippen LogP contribution < -0.4 is 0 Å². The van der Waals surface area contributed by atoms with Crippen LogP contribution in [-0.4, -0.2) is 39.2 Å². The topological polar surface area (TPSA) is 79.5 Å². The van der Waals surface area contributed by atoms with Gasteiger partial charge in [0.2, 0.25) is 5.82 Å². The van der Waals surface area contributed by atoms with Crippen molar-refractivity contribution in [1.29, 1.82) is 0 Å². The van der Waals surface area contributed by atoms with E-state index in [1.54, 1.807) is 0 Å². The Morgan fingerprint density at radius 3 is 2.74 bits per heavy atom. The minimum atomic E-state index is -0.702. The molecule has 5 rings (SSSR count). The van der Waals surface area contributed by atoms with Crippen LogP contribution in [0.3, 0.4) is 0 Å². The summed E-state index contributed by atoms with van der Waals surface area (Å²) in [6.07, 6.45) is 4.51. The summed E-state index contributed by atoms with van der Waals surface area (Å²) >= 11 is 1.82. The minimum absolute atomic E-state index is 0.226. The fourth-order valence-corrected chi connectivity index (χ4v) is 5.90. The van der Waals surface area contributed by atoms with Crippen LogP contribution in [0.5, 0.6) is 0 Å². The second-order valence-electron chi connectivity index (χ2n) is 8.86. The van der Waals surface area contributed by atoms with E-state index in [0.29, 0.717) is 24.8 Å². The van der Waals surface area contributed by atoms with Gasteiger partial charge in [-0.25, -0.2) is 0 Å². The standard InChI is InChI=1S/C24H27N3O3S/c1-3-20-19-10-14(2)4-9-18(19)21(31-20)23-25-22(26-30-23)16-7-5-15(6-8-16)11-27-12-17(13-27)24(28)29/h5-8,14,17H,3-4,9-13H2,1-2H3,(H,28,29). The highest BCUT2D eigenvalue weighted by Crippen LogP contribution is 2.42. The first-order chi connectivity index (χ1) is 15.0. The van der Waals surface area contributed by atoms with Gasteiger partial charge in [-0.05, 0) is 48.3 Å². The molecule has 162 valence electrons. The number of nitrogens with zero attached hydrogens (tertiary/aromatic N) is 3. The fraction of sp³-hybridized carbons (Fsp3) is 0.458. The number of likely N-dealkylation sites (tertiary alicyclic amines) is 1. The van der Waals surface area contributed by atoms with Gasteiger partial charge >= 0.3 is 5.97 Å². The Hall–Kier alpha value is -2.51. The monoisotopic (exact) mass is 437 g/mol. The molecule has 1 fully saturated rings. The van der Waals surface area contributed by atoms with Gasteiger partial charge in [0.15, 0.2) is 0 Å². The van der Waals surface area contributed by atoms with Crippen LogP contribution in [0.2, 0.25) is 0 Å². The van der Waals surface area contributed by atoms with E-state index in [0.717, 1.165) is 47.7 Å². The normalized spacial score (nSPS) is 19.2. The van der Waals surface area contributed by atoms with Gasteiger partial charge in [0.1, 0.15) is 0 Å². The first-order valence-corrected chi connectivity index (χ1v) is 11.9. The molecule has 3 heterocycles. The Morgan fingerprint density at radius 1 is 1.26 bits per heavy atom. The third-order valence-corrected chi connectivity index (χ3v) is 7.91. The van der Waals surface area contributed by atoms with Crippen molar-refractivity contribution in [2.75, 3.05) is 13.1 Å². The molecule has 0 saturated carbocycles. The summed E-state index contributed by atoms with van der Waals surface area (Å²) in [4.78, 5) is 20.4. The first-order valence-electron chi connectivity index (χ1n) is 11.0. The molecule has 1 aliphatic carbocycles. The summed E-state index contributed by atoms with van der Waals surface area (Å²) in [5, 5.41) is 13.3. The van der Waals surface area contributed by atoms with E-state index in [1.165, 1.54) is 22.4 Å². The molecule has 31 heavy (non-hydrogen) atoms. The van der Waals surface area contributed by atoms with Gasteiger partial charge in [0.25, 0.3) is 5.89 Å². The summed E-state index contributed by atoms with van der Waals surface area (Å²) < 4.78 is 5.70. The molecule has 0 radical (unpaired) electrons. The number of aliphatic carboxylic acids is 1. The number of hydrogen-bond acceptors (Lipinski definition) is 6. The maximum absolute atomic E-state index is 10.9. The average Bonchev–Trinajstić information content (AvgIpc) is 3.35. The van der Waals surface area contributed by atoms with Gasteiger partial charge < -0.3 is 9.63 Å². The zero-order chi connectivity index (χ0) is 21.5. The molecule has 1 atom stereocenters. The molecule has 1 aromatic carbocycles. The fourth-order valence-electron chi connectivity index (χ4n) is 4.66. The van der Waals surface area contributed by atoms with Crippen molar-refractivity contribution in [2.45, 2.75) is 46.1 Å². The number of thiophene rings is 1. The lowest BCUT2D eigenvalue weighted by atomic mass is 9.85. The van der Waals surface area contributed by atoms with E-state index in [-0.39, 0.29) is 5.92 Å². The predicted octanol–water partition coefficient (Wildman–Crippen LogP) is 4.67. The highest BCUT2D eigenvalue weighted by atomic mass is 32.1. The lowest BCUT2D eigenvalue weighted by molar-refractivity contribution is -0.147. The van der Waals surface area contributed by atoms with Crippen molar-refractivity contribution < 1.29 is 14.4 Å². The van der Waals surface area contributed by atoms with Crippen molar-refractivity contribution in [1.82, 2.24) is 15.0 Å². The van der Waals surface area contributed by atoms with E-state index in [4.69, 9.17) is 14.6 Å². The van der Waals surface area contributed by atoms with Gasteiger partial charge in [-0.1, -0.05) is 43.3 Å². The number of aryl methyl sites for hydroxylation is 1. The Kier molecular flexibility index (Phi) is 5.40. The van der Waals surface area contributed by atoms with Gasteiger partial charge in [-0.3, -0.25) is 9.69 Å². The van der Waals surface area contributed by atoms with Crippen LogP contribution >= 0.6 is 11.3 Å². The molecule has 2 aliphatic rings. The number of aromatic nitrogens is 2. The largest absolute Gasteiger partial charge is 0.481 e. The predicted molar refractivity (Wildman–Crippen MR) is 120 cm³/mol. The Morgan fingerprint density at radius 2 is 2.03 bits per heavy atom. The second kappa shape index (κ2) is 8.20.